The van der Waals surface area contributed by atoms with Gasteiger partial charge in [0.05, 0.1) is 26.8 Å². The number of carbonyl (C=O) groups is 3. The Labute approximate surface area is 249 Å². The summed E-state index contributed by atoms with van der Waals surface area (Å²) in [6.45, 7) is 1.33. The second-order valence-electron chi connectivity index (χ2n) is 10.1. The number of nitrogens with one attached hydrogen (secondary N) is 2. The minimum absolute atomic E-state index is 0.0534. The van der Waals surface area contributed by atoms with Crippen LogP contribution >= 0.6 is 0 Å². The van der Waals surface area contributed by atoms with Gasteiger partial charge in [-0.25, -0.2) is 18.0 Å². The first-order valence-electron chi connectivity index (χ1n) is 13.1. The van der Waals surface area contributed by atoms with Crippen molar-refractivity contribution in [2.75, 3.05) is 42.7 Å². The zero-order valence-corrected chi connectivity index (χ0v) is 24.4. The summed E-state index contributed by atoms with van der Waals surface area (Å²) in [7, 11) is -3.20. The topological polar surface area (TPSA) is 165 Å². The molecule has 3 heterocycles. The summed E-state index contributed by atoms with van der Waals surface area (Å²) in [5.41, 5.74) is -2.98. The van der Waals surface area contributed by atoms with E-state index in [1.54, 1.807) is 0 Å². The van der Waals surface area contributed by atoms with Gasteiger partial charge in [-0.1, -0.05) is 6.07 Å². The molecule has 2 aromatic rings. The van der Waals surface area contributed by atoms with E-state index in [1.165, 1.54) is 41.5 Å². The predicted molar refractivity (Wildman–Crippen MR) is 149 cm³/mol. The highest BCUT2D eigenvalue weighted by Crippen LogP contribution is 2.38. The number of halogens is 5. The molecule has 238 valence electrons. The predicted octanol–water partition coefficient (Wildman–Crippen LogP) is 4.06. The van der Waals surface area contributed by atoms with Crippen LogP contribution in [0, 0.1) is 24.2 Å². The van der Waals surface area contributed by atoms with Gasteiger partial charge in [0, 0.05) is 55.9 Å². The highest BCUT2D eigenvalue weighted by Gasteiger charge is 2.40. The third-order valence-corrected chi connectivity index (χ3v) is 8.63. The lowest BCUT2D eigenvalue weighted by molar-refractivity contribution is -0.141. The molecule has 3 N–H and O–H groups in total. The summed E-state index contributed by atoms with van der Waals surface area (Å²) < 4.78 is 86.7. The second-order valence-corrected chi connectivity index (χ2v) is 12.4. The third kappa shape index (κ3) is 8.05. The van der Waals surface area contributed by atoms with E-state index in [-0.39, 0.29) is 53.6 Å². The smallest absolute Gasteiger partial charge is 0.434 e. The first kappa shape index (κ1) is 34.3. The number of carbonyl (C=O) groups excluding carboxylic acids is 2. The molecule has 0 bridgehead atoms. The zero-order valence-electron chi connectivity index (χ0n) is 23.6. The molecule has 0 spiro atoms. The number of benzene rings is 1. The Kier molecular flexibility index (Phi) is 10.6. The minimum atomic E-state index is -5.04. The average Bonchev–Trinajstić information content (AvgIpc) is 3.07. The lowest BCUT2D eigenvalue weighted by Gasteiger charge is -2.27. The van der Waals surface area contributed by atoms with Gasteiger partial charge in [-0.05, 0) is 37.1 Å². The molecule has 2 saturated heterocycles. The number of hydrogen-bond donors (Lipinski definition) is 3. The van der Waals surface area contributed by atoms with Crippen LogP contribution in [0.4, 0.5) is 33.5 Å². The first-order valence-corrected chi connectivity index (χ1v) is 15.1. The van der Waals surface area contributed by atoms with Crippen molar-refractivity contribution in [3.05, 3.63) is 46.6 Å². The van der Waals surface area contributed by atoms with Crippen molar-refractivity contribution in [3.8, 4) is 6.07 Å². The lowest BCUT2D eigenvalue weighted by Crippen LogP contribution is -2.46. The third-order valence-electron chi connectivity index (χ3n) is 6.98. The second kappa shape index (κ2) is 13.6. The fourth-order valence-corrected chi connectivity index (χ4v) is 5.85. The Hall–Kier alpha value is -4.17. The molecule has 17 heteroatoms. The number of nitrogens with zero attached hydrogens (tertiary/aromatic N) is 4. The minimum Gasteiger partial charge on any atom is -0.483 e. The van der Waals surface area contributed by atoms with Crippen LogP contribution in [0.5, 0.6) is 0 Å². The van der Waals surface area contributed by atoms with E-state index in [9.17, 15) is 41.0 Å². The number of carboxylic acid groups (broad SMARTS) is 1. The number of pyridine rings is 1. The highest BCUT2D eigenvalue weighted by atomic mass is 32.2. The van der Waals surface area contributed by atoms with E-state index in [4.69, 9.17) is 9.90 Å². The van der Waals surface area contributed by atoms with Crippen LogP contribution in [0.2, 0.25) is 0 Å². The van der Waals surface area contributed by atoms with Gasteiger partial charge in [-0.3, -0.25) is 14.4 Å². The molecule has 1 aromatic heterocycles. The SMILES string of the molecule is Cc1c(C#N)c(C(F)(F)F)nc(N2CCCC(F)(F)CC2)c1C(=O)Nc1cccc(S(C)(=O)=NC(=O)C2CNC2)c1.O=CO. The Morgan fingerprint density at radius 3 is 2.50 bits per heavy atom. The average molecular weight is 645 g/mol. The van der Waals surface area contributed by atoms with Gasteiger partial charge >= 0.3 is 6.18 Å². The fourth-order valence-electron chi connectivity index (χ4n) is 4.57. The van der Waals surface area contributed by atoms with Crippen molar-refractivity contribution in [2.24, 2.45) is 10.3 Å². The summed E-state index contributed by atoms with van der Waals surface area (Å²) in [6.07, 6.45) is -4.94. The van der Waals surface area contributed by atoms with E-state index in [1.807, 2.05) is 0 Å². The highest BCUT2D eigenvalue weighted by molar-refractivity contribution is 7.93. The molecular formula is C27H29F5N6O5S. The molecule has 2 fully saturated rings. The maximum atomic E-state index is 14.0. The number of aromatic nitrogens is 1. The van der Waals surface area contributed by atoms with Crippen LogP contribution in [0.3, 0.4) is 0 Å². The first-order chi connectivity index (χ1) is 20.5. The van der Waals surface area contributed by atoms with E-state index >= 15 is 0 Å². The van der Waals surface area contributed by atoms with Gasteiger partial charge in [0.2, 0.25) is 5.92 Å². The van der Waals surface area contributed by atoms with Crippen LogP contribution < -0.4 is 15.5 Å². The number of amides is 2. The van der Waals surface area contributed by atoms with E-state index in [0.717, 1.165) is 6.92 Å². The van der Waals surface area contributed by atoms with Crippen LogP contribution in [-0.4, -0.2) is 70.9 Å². The van der Waals surface area contributed by atoms with E-state index < -0.39 is 63.6 Å². The van der Waals surface area contributed by atoms with Gasteiger partial charge in [-0.15, -0.1) is 0 Å². The Balaban J connectivity index is 0.00000169. The molecule has 1 unspecified atom stereocenters. The Bertz CT molecular complexity index is 1600. The van der Waals surface area contributed by atoms with Crippen molar-refractivity contribution in [1.82, 2.24) is 10.3 Å². The van der Waals surface area contributed by atoms with Crippen molar-refractivity contribution in [3.63, 3.8) is 0 Å². The van der Waals surface area contributed by atoms with Gasteiger partial charge in [0.1, 0.15) is 11.9 Å². The number of alkyl halides is 5. The lowest BCUT2D eigenvalue weighted by atomic mass is 10.00. The molecule has 0 radical (unpaired) electrons. The number of rotatable bonds is 5. The molecule has 2 aliphatic rings. The molecule has 11 nitrogen and oxygen atoms in total. The van der Waals surface area contributed by atoms with Gasteiger partial charge in [0.15, 0.2) is 5.69 Å². The molecule has 1 atom stereocenters. The molecule has 0 saturated carbocycles. The number of anilines is 2. The Morgan fingerprint density at radius 1 is 1.27 bits per heavy atom. The zero-order chi connectivity index (χ0) is 32.9. The molecule has 4 rings (SSSR count). The van der Waals surface area contributed by atoms with Crippen LogP contribution in [0.25, 0.3) is 0 Å². The maximum Gasteiger partial charge on any atom is 0.434 e. The van der Waals surface area contributed by atoms with Crippen molar-refractivity contribution >= 4 is 39.5 Å². The monoisotopic (exact) mass is 644 g/mol. The molecular weight excluding hydrogens is 615 g/mol. The molecule has 1 aromatic carbocycles. The summed E-state index contributed by atoms with van der Waals surface area (Å²) in [6, 6.07) is 7.12. The molecule has 2 aliphatic heterocycles. The molecule has 0 aliphatic carbocycles. The Morgan fingerprint density at radius 2 is 1.93 bits per heavy atom. The quantitative estimate of drug-likeness (QED) is 0.322. The van der Waals surface area contributed by atoms with Crippen LogP contribution in [0.1, 0.15) is 46.4 Å². The number of hydrogen-bond acceptors (Lipinski definition) is 8. The van der Waals surface area contributed by atoms with E-state index in [2.05, 4.69) is 20.0 Å². The maximum absolute atomic E-state index is 14.0. The standard InChI is InChI=1S/C26H27F5N6O3S.CH2O2/c1-15-19(12-32)21(26(29,30)31)35-22(37-9-4-7-25(27,28)8-10-37)20(15)24(39)34-17-5-3-6-18(11-17)41(2,40)36-23(38)16-13-33-14-16;2-1-3/h3,5-6,11,16,33H,4,7-10,13-14H2,1-2H3,(H,34,39);1H,(H,2,3). The summed E-state index contributed by atoms with van der Waals surface area (Å²) in [5, 5.41) is 21.9. The number of nitriles is 1. The van der Waals surface area contributed by atoms with Crippen LogP contribution in [0.15, 0.2) is 33.5 Å². The van der Waals surface area contributed by atoms with Gasteiger partial charge in [-0.2, -0.15) is 22.8 Å². The van der Waals surface area contributed by atoms with E-state index in [0.29, 0.717) is 13.1 Å². The van der Waals surface area contributed by atoms with Crippen LogP contribution in [-0.2, 0) is 25.5 Å². The summed E-state index contributed by atoms with van der Waals surface area (Å²) in [5.74, 6) is -5.33. The summed E-state index contributed by atoms with van der Waals surface area (Å²) in [4.78, 5) is 39.2. The largest absolute Gasteiger partial charge is 0.483 e. The van der Waals surface area contributed by atoms with Crippen molar-refractivity contribution < 1.29 is 45.7 Å². The van der Waals surface area contributed by atoms with Gasteiger partial charge in [0.25, 0.3) is 18.3 Å². The van der Waals surface area contributed by atoms with Crippen molar-refractivity contribution in [2.45, 2.75) is 43.2 Å². The fraction of sp³-hybridized carbons (Fsp3) is 0.444. The normalized spacial score (nSPS) is 17.8. The summed E-state index contributed by atoms with van der Waals surface area (Å²) >= 11 is 0. The molecule has 44 heavy (non-hydrogen) atoms. The molecule has 2 amide bonds. The van der Waals surface area contributed by atoms with Gasteiger partial charge < -0.3 is 20.6 Å². The van der Waals surface area contributed by atoms with Crippen molar-refractivity contribution in [1.29, 1.82) is 5.26 Å².